The lowest BCUT2D eigenvalue weighted by Gasteiger charge is -2.08. The van der Waals surface area contributed by atoms with Crippen LogP contribution in [0.2, 0.25) is 0 Å². The van der Waals surface area contributed by atoms with Gasteiger partial charge in [-0.05, 0) is 52.4 Å². The van der Waals surface area contributed by atoms with Crippen molar-refractivity contribution in [1.29, 1.82) is 0 Å². The van der Waals surface area contributed by atoms with Crippen molar-refractivity contribution in [3.63, 3.8) is 0 Å². The number of carbonyl (C=O) groups is 1. The smallest absolute Gasteiger partial charge is 0.252 e. The molecule has 0 aromatic heterocycles. The van der Waals surface area contributed by atoms with Gasteiger partial charge in [0.2, 0.25) is 0 Å². The summed E-state index contributed by atoms with van der Waals surface area (Å²) in [6.45, 7) is 0.350. The van der Waals surface area contributed by atoms with Crippen molar-refractivity contribution in [2.45, 2.75) is 6.54 Å². The Morgan fingerprint density at radius 1 is 1.29 bits per heavy atom. The maximum Gasteiger partial charge on any atom is 0.252 e. The number of nitrogens with one attached hydrogen (secondary N) is 1. The molecule has 3 N–H and O–H groups in total. The van der Waals surface area contributed by atoms with E-state index in [4.69, 9.17) is 18.0 Å². The van der Waals surface area contributed by atoms with Crippen LogP contribution in [-0.2, 0) is 6.54 Å². The molecule has 21 heavy (non-hydrogen) atoms. The maximum absolute atomic E-state index is 13.0. The number of hydrogen-bond donors (Lipinski definition) is 2. The van der Waals surface area contributed by atoms with Crippen molar-refractivity contribution >= 4 is 45.7 Å². The third-order valence-corrected chi connectivity index (χ3v) is 3.97. The number of hydrogen-bond acceptors (Lipinski definition) is 2. The minimum absolute atomic E-state index is 0.250. The number of benzene rings is 2. The van der Waals surface area contributed by atoms with Gasteiger partial charge in [0, 0.05) is 15.7 Å². The van der Waals surface area contributed by atoms with Crippen LogP contribution < -0.4 is 11.1 Å². The van der Waals surface area contributed by atoms with Crippen molar-refractivity contribution in [2.24, 2.45) is 5.73 Å². The molecule has 0 aliphatic carbocycles. The fourth-order valence-electron chi connectivity index (χ4n) is 1.79. The molecular weight excluding hydrogens is 402 g/mol. The van der Waals surface area contributed by atoms with Crippen LogP contribution >= 0.6 is 34.8 Å². The second kappa shape index (κ2) is 6.95. The predicted octanol–water partition coefficient (Wildman–Crippen LogP) is 2.99. The summed E-state index contributed by atoms with van der Waals surface area (Å²) in [6.07, 6.45) is 0. The van der Waals surface area contributed by atoms with Crippen molar-refractivity contribution < 1.29 is 9.18 Å². The first-order chi connectivity index (χ1) is 9.97. The molecule has 2 rings (SSSR count). The van der Waals surface area contributed by atoms with Crippen LogP contribution in [0.1, 0.15) is 21.5 Å². The van der Waals surface area contributed by atoms with E-state index in [1.165, 1.54) is 18.2 Å². The van der Waals surface area contributed by atoms with Crippen LogP contribution in [-0.4, -0.2) is 10.9 Å². The molecule has 0 spiro atoms. The molecule has 0 aliphatic heterocycles. The van der Waals surface area contributed by atoms with Crippen LogP contribution in [0.5, 0.6) is 0 Å². The monoisotopic (exact) mass is 414 g/mol. The standard InChI is InChI=1S/C15H12FIN2OS/c16-11-4-5-12(13(17)7-11)15(20)19-8-9-2-1-3-10(6-9)14(18)21/h1-7H,8H2,(H2,18,21)(H,19,20). The Labute approximate surface area is 140 Å². The van der Waals surface area contributed by atoms with Crippen LogP contribution in [0.25, 0.3) is 0 Å². The Bertz CT molecular complexity index is 706. The average Bonchev–Trinajstić information content (AvgIpc) is 2.45. The number of rotatable bonds is 4. The molecule has 6 heteroatoms. The van der Waals surface area contributed by atoms with E-state index in [1.54, 1.807) is 0 Å². The van der Waals surface area contributed by atoms with E-state index in [0.717, 1.165) is 11.1 Å². The highest BCUT2D eigenvalue weighted by Gasteiger charge is 2.10. The summed E-state index contributed by atoms with van der Waals surface area (Å²) in [6, 6.07) is 11.4. The Morgan fingerprint density at radius 3 is 2.71 bits per heavy atom. The molecule has 0 saturated carbocycles. The minimum atomic E-state index is -0.361. The van der Waals surface area contributed by atoms with E-state index in [0.29, 0.717) is 20.7 Å². The van der Waals surface area contributed by atoms with Gasteiger partial charge in [0.15, 0.2) is 0 Å². The second-order valence-electron chi connectivity index (χ2n) is 4.37. The van der Waals surface area contributed by atoms with Gasteiger partial charge in [-0.3, -0.25) is 4.79 Å². The fraction of sp³-hybridized carbons (Fsp3) is 0.0667. The van der Waals surface area contributed by atoms with Gasteiger partial charge in [0.05, 0.1) is 5.56 Å². The summed E-state index contributed by atoms with van der Waals surface area (Å²) in [7, 11) is 0. The van der Waals surface area contributed by atoms with Crippen molar-refractivity contribution in [1.82, 2.24) is 5.32 Å². The van der Waals surface area contributed by atoms with E-state index in [9.17, 15) is 9.18 Å². The molecule has 1 amide bonds. The Morgan fingerprint density at radius 2 is 2.05 bits per heavy atom. The molecule has 108 valence electrons. The topological polar surface area (TPSA) is 55.1 Å². The summed E-state index contributed by atoms with van der Waals surface area (Å²) in [5.41, 5.74) is 7.67. The van der Waals surface area contributed by atoms with Crippen LogP contribution in [0, 0.1) is 9.39 Å². The molecule has 0 saturated heterocycles. The van der Waals surface area contributed by atoms with Gasteiger partial charge in [-0.2, -0.15) is 0 Å². The first kappa shape index (κ1) is 15.8. The highest BCUT2D eigenvalue weighted by molar-refractivity contribution is 14.1. The summed E-state index contributed by atoms with van der Waals surface area (Å²) in [4.78, 5) is 12.4. The van der Waals surface area contributed by atoms with Crippen LogP contribution in [0.3, 0.4) is 0 Å². The fourth-order valence-corrected chi connectivity index (χ4v) is 2.63. The largest absolute Gasteiger partial charge is 0.389 e. The van der Waals surface area contributed by atoms with E-state index >= 15 is 0 Å². The highest BCUT2D eigenvalue weighted by Crippen LogP contribution is 2.14. The summed E-state index contributed by atoms with van der Waals surface area (Å²) in [5.74, 6) is -0.611. The first-order valence-corrected chi connectivity index (χ1v) is 7.58. The lowest BCUT2D eigenvalue weighted by molar-refractivity contribution is 0.0950. The van der Waals surface area contributed by atoms with Gasteiger partial charge in [0.25, 0.3) is 5.91 Å². The Kier molecular flexibility index (Phi) is 5.24. The first-order valence-electron chi connectivity index (χ1n) is 6.09. The van der Waals surface area contributed by atoms with Crippen molar-refractivity contribution in [3.8, 4) is 0 Å². The van der Waals surface area contributed by atoms with E-state index in [1.807, 2.05) is 46.9 Å². The molecule has 0 bridgehead atoms. The van der Waals surface area contributed by atoms with E-state index in [2.05, 4.69) is 5.32 Å². The van der Waals surface area contributed by atoms with E-state index < -0.39 is 0 Å². The molecule has 0 fully saturated rings. The number of nitrogens with two attached hydrogens (primary N) is 1. The molecule has 0 unspecified atom stereocenters. The quantitative estimate of drug-likeness (QED) is 0.598. The zero-order chi connectivity index (χ0) is 15.4. The third-order valence-electron chi connectivity index (χ3n) is 2.84. The molecule has 3 nitrogen and oxygen atoms in total. The molecule has 0 atom stereocenters. The molecule has 0 aliphatic rings. The third kappa shape index (κ3) is 4.21. The minimum Gasteiger partial charge on any atom is -0.389 e. The van der Waals surface area contributed by atoms with Crippen LogP contribution in [0.4, 0.5) is 4.39 Å². The average molecular weight is 414 g/mol. The van der Waals surface area contributed by atoms with Gasteiger partial charge >= 0.3 is 0 Å². The Balaban J connectivity index is 2.07. The zero-order valence-electron chi connectivity index (χ0n) is 10.9. The van der Waals surface area contributed by atoms with Gasteiger partial charge in [-0.15, -0.1) is 0 Å². The summed E-state index contributed by atoms with van der Waals surface area (Å²) in [5, 5.41) is 2.79. The number of carbonyl (C=O) groups excluding carboxylic acids is 1. The normalized spacial score (nSPS) is 10.2. The van der Waals surface area contributed by atoms with Gasteiger partial charge in [-0.25, -0.2) is 4.39 Å². The predicted molar refractivity (Wildman–Crippen MR) is 92.6 cm³/mol. The van der Waals surface area contributed by atoms with Gasteiger partial charge in [-0.1, -0.05) is 30.4 Å². The molecule has 2 aromatic carbocycles. The van der Waals surface area contributed by atoms with Crippen molar-refractivity contribution in [2.75, 3.05) is 0 Å². The number of halogens is 2. The second-order valence-corrected chi connectivity index (χ2v) is 5.97. The van der Waals surface area contributed by atoms with E-state index in [-0.39, 0.29) is 11.7 Å². The summed E-state index contributed by atoms with van der Waals surface area (Å²) < 4.78 is 13.6. The molecule has 2 aromatic rings. The summed E-state index contributed by atoms with van der Waals surface area (Å²) >= 11 is 6.85. The molecule has 0 radical (unpaired) electrons. The number of amides is 1. The zero-order valence-corrected chi connectivity index (χ0v) is 13.9. The molecule has 0 heterocycles. The van der Waals surface area contributed by atoms with Gasteiger partial charge in [0.1, 0.15) is 10.8 Å². The lowest BCUT2D eigenvalue weighted by Crippen LogP contribution is -2.24. The Hall–Kier alpha value is -1.54. The lowest BCUT2D eigenvalue weighted by atomic mass is 10.1. The van der Waals surface area contributed by atoms with Gasteiger partial charge < -0.3 is 11.1 Å². The van der Waals surface area contributed by atoms with Crippen LogP contribution in [0.15, 0.2) is 42.5 Å². The van der Waals surface area contributed by atoms with Crippen molar-refractivity contribution in [3.05, 3.63) is 68.5 Å². The highest BCUT2D eigenvalue weighted by atomic mass is 127. The number of thiocarbonyl (C=S) groups is 1. The SMILES string of the molecule is NC(=S)c1cccc(CNC(=O)c2ccc(F)cc2I)c1. The molecular formula is C15H12FIN2OS. The maximum atomic E-state index is 13.0.